The smallest absolute Gasteiger partial charge is 0.352 e. The van der Waals surface area contributed by atoms with Crippen molar-refractivity contribution >= 4 is 23.5 Å². The van der Waals surface area contributed by atoms with Gasteiger partial charge < -0.3 is 26.2 Å². The largest absolute Gasteiger partial charge is 0.416 e. The fourth-order valence-electron chi connectivity index (χ4n) is 4.52. The molecule has 1 aliphatic carbocycles. The molecule has 38 heavy (non-hydrogen) atoms. The molecular formula is C26H37F3N6O3. The van der Waals surface area contributed by atoms with Gasteiger partial charge in [0.25, 0.3) is 5.91 Å². The van der Waals surface area contributed by atoms with Crippen molar-refractivity contribution in [3.63, 3.8) is 0 Å². The van der Waals surface area contributed by atoms with Crippen LogP contribution in [0.2, 0.25) is 0 Å². The molecule has 0 heterocycles. The summed E-state index contributed by atoms with van der Waals surface area (Å²) in [5.41, 5.74) is -1.62. The summed E-state index contributed by atoms with van der Waals surface area (Å²) in [5, 5.41) is 19.4. The second-order valence-electron chi connectivity index (χ2n) is 10.2. The van der Waals surface area contributed by atoms with Gasteiger partial charge in [-0.2, -0.15) is 18.4 Å². The topological polar surface area (TPSA) is 126 Å². The molecule has 12 heteroatoms. The SMILES string of the molecule is CC(C)NC(=O)Nc1ccc(C(F)(F)F)cc1C(=O)NCC(=O)N[C@H]1CC[C@@H](N(C)C(C)C)C[C@H]1CC#N. The van der Waals surface area contributed by atoms with E-state index in [9.17, 15) is 32.8 Å². The van der Waals surface area contributed by atoms with Crippen molar-refractivity contribution in [3.05, 3.63) is 29.3 Å². The van der Waals surface area contributed by atoms with Gasteiger partial charge in [0.2, 0.25) is 5.91 Å². The van der Waals surface area contributed by atoms with Crippen LogP contribution in [0.5, 0.6) is 0 Å². The highest BCUT2D eigenvalue weighted by Crippen LogP contribution is 2.32. The molecule has 1 fully saturated rings. The Labute approximate surface area is 221 Å². The molecule has 1 aromatic carbocycles. The lowest BCUT2D eigenvalue weighted by atomic mass is 9.79. The Balaban J connectivity index is 2.08. The summed E-state index contributed by atoms with van der Waals surface area (Å²) >= 11 is 0. The monoisotopic (exact) mass is 538 g/mol. The minimum Gasteiger partial charge on any atom is -0.352 e. The lowest BCUT2D eigenvalue weighted by molar-refractivity contribution is -0.137. The molecule has 1 aromatic rings. The summed E-state index contributed by atoms with van der Waals surface area (Å²) in [7, 11) is 2.04. The Morgan fingerprint density at radius 2 is 1.84 bits per heavy atom. The predicted molar refractivity (Wildman–Crippen MR) is 137 cm³/mol. The van der Waals surface area contributed by atoms with Gasteiger partial charge in [-0.15, -0.1) is 0 Å². The van der Waals surface area contributed by atoms with Gasteiger partial charge in [0, 0.05) is 30.6 Å². The first kappa shape index (κ1) is 30.9. The summed E-state index contributed by atoms with van der Waals surface area (Å²) in [6.07, 6.45) is -2.18. The molecule has 4 amide bonds. The van der Waals surface area contributed by atoms with Crippen molar-refractivity contribution in [1.82, 2.24) is 20.9 Å². The van der Waals surface area contributed by atoms with E-state index in [1.165, 1.54) is 0 Å². The third-order valence-corrected chi connectivity index (χ3v) is 6.71. The minimum atomic E-state index is -4.70. The van der Waals surface area contributed by atoms with Crippen LogP contribution in [0.1, 0.15) is 69.3 Å². The van der Waals surface area contributed by atoms with Crippen molar-refractivity contribution < 1.29 is 27.6 Å². The molecule has 0 aromatic heterocycles. The number of rotatable bonds is 9. The average molecular weight is 539 g/mol. The van der Waals surface area contributed by atoms with E-state index in [0.717, 1.165) is 25.0 Å². The van der Waals surface area contributed by atoms with Crippen LogP contribution < -0.4 is 21.3 Å². The number of carbonyl (C=O) groups excluding carboxylic acids is 3. The first-order valence-electron chi connectivity index (χ1n) is 12.7. The first-order valence-corrected chi connectivity index (χ1v) is 12.7. The molecule has 9 nitrogen and oxygen atoms in total. The normalized spacial score (nSPS) is 19.7. The number of benzene rings is 1. The number of hydrogen-bond donors (Lipinski definition) is 4. The van der Waals surface area contributed by atoms with Gasteiger partial charge in [-0.3, -0.25) is 9.59 Å². The number of anilines is 1. The fourth-order valence-corrected chi connectivity index (χ4v) is 4.52. The summed E-state index contributed by atoms with van der Waals surface area (Å²) < 4.78 is 39.8. The van der Waals surface area contributed by atoms with Crippen molar-refractivity contribution in [2.45, 2.75) is 83.7 Å². The van der Waals surface area contributed by atoms with Crippen molar-refractivity contribution in [2.75, 3.05) is 18.9 Å². The quantitative estimate of drug-likeness (QED) is 0.380. The van der Waals surface area contributed by atoms with Gasteiger partial charge in [-0.25, -0.2) is 4.79 Å². The van der Waals surface area contributed by atoms with Gasteiger partial charge in [0.1, 0.15) is 0 Å². The highest BCUT2D eigenvalue weighted by Gasteiger charge is 2.34. The number of hydrogen-bond acceptors (Lipinski definition) is 5. The first-order chi connectivity index (χ1) is 17.7. The van der Waals surface area contributed by atoms with Crippen LogP contribution in [-0.2, 0) is 11.0 Å². The molecule has 4 N–H and O–H groups in total. The van der Waals surface area contributed by atoms with E-state index in [2.05, 4.69) is 46.1 Å². The molecule has 210 valence electrons. The molecule has 0 spiro atoms. The summed E-state index contributed by atoms with van der Waals surface area (Å²) in [6.45, 7) is 7.12. The van der Waals surface area contributed by atoms with E-state index in [-0.39, 0.29) is 30.1 Å². The van der Waals surface area contributed by atoms with Gasteiger partial charge in [0.15, 0.2) is 0 Å². The Bertz CT molecular complexity index is 1040. The van der Waals surface area contributed by atoms with Crippen molar-refractivity contribution in [2.24, 2.45) is 5.92 Å². The number of amides is 4. The van der Waals surface area contributed by atoms with E-state index in [1.54, 1.807) is 13.8 Å². The van der Waals surface area contributed by atoms with Crippen molar-refractivity contribution in [3.8, 4) is 6.07 Å². The Morgan fingerprint density at radius 1 is 1.16 bits per heavy atom. The summed E-state index contributed by atoms with van der Waals surface area (Å²) in [4.78, 5) is 39.8. The molecule has 0 aliphatic heterocycles. The van der Waals surface area contributed by atoms with Crippen LogP contribution in [-0.4, -0.2) is 60.5 Å². The second kappa shape index (κ2) is 13.5. The molecule has 0 radical (unpaired) electrons. The molecule has 0 saturated heterocycles. The third-order valence-electron chi connectivity index (χ3n) is 6.71. The molecule has 0 bridgehead atoms. The number of nitrogens with zero attached hydrogens (tertiary/aromatic N) is 2. The Hall–Kier alpha value is -3.33. The fraction of sp³-hybridized carbons (Fsp3) is 0.615. The van der Waals surface area contributed by atoms with Crippen LogP contribution in [0.25, 0.3) is 0 Å². The van der Waals surface area contributed by atoms with Gasteiger partial charge >= 0.3 is 12.2 Å². The van der Waals surface area contributed by atoms with Gasteiger partial charge in [0.05, 0.1) is 29.4 Å². The van der Waals surface area contributed by atoms with Crippen LogP contribution >= 0.6 is 0 Å². The zero-order valence-corrected chi connectivity index (χ0v) is 22.4. The van der Waals surface area contributed by atoms with E-state index in [4.69, 9.17) is 0 Å². The van der Waals surface area contributed by atoms with Gasteiger partial charge in [-0.05, 0) is 78.1 Å². The molecule has 2 rings (SSSR count). The highest BCUT2D eigenvalue weighted by molar-refractivity contribution is 6.04. The number of nitrogens with one attached hydrogen (secondary N) is 4. The molecule has 0 unspecified atom stereocenters. The number of alkyl halides is 3. The maximum atomic E-state index is 13.3. The standard InChI is InChI=1S/C26H37F3N6O3/c1-15(2)32-25(38)34-22-8-6-18(26(27,28)29)13-20(22)24(37)31-14-23(36)33-21-9-7-19(35(5)16(3)4)12-17(21)10-11-30/h6,8,13,15-17,19,21H,7,9-10,12,14H2,1-5H3,(H,31,37)(H,33,36)(H2,32,34,38)/t17-,19-,21+/m1/s1. The summed E-state index contributed by atoms with van der Waals surface area (Å²) in [6, 6.07) is 4.03. The zero-order chi connectivity index (χ0) is 28.6. The van der Waals surface area contributed by atoms with E-state index >= 15 is 0 Å². The maximum Gasteiger partial charge on any atom is 0.416 e. The third kappa shape index (κ3) is 8.90. The van der Waals surface area contributed by atoms with Crippen LogP contribution in [0.3, 0.4) is 0 Å². The minimum absolute atomic E-state index is 0.0571. The number of carbonyl (C=O) groups is 3. The van der Waals surface area contributed by atoms with Crippen LogP contribution in [0.15, 0.2) is 18.2 Å². The van der Waals surface area contributed by atoms with E-state index in [0.29, 0.717) is 24.6 Å². The maximum absolute atomic E-state index is 13.3. The average Bonchev–Trinajstić information content (AvgIpc) is 2.82. The summed E-state index contributed by atoms with van der Waals surface area (Å²) in [5.74, 6) is -1.51. The van der Waals surface area contributed by atoms with Crippen LogP contribution in [0.4, 0.5) is 23.7 Å². The molecule has 1 aliphatic rings. The lowest BCUT2D eigenvalue weighted by Crippen LogP contribution is -2.51. The van der Waals surface area contributed by atoms with Crippen molar-refractivity contribution in [1.29, 1.82) is 5.26 Å². The number of nitriles is 1. The second-order valence-corrected chi connectivity index (χ2v) is 10.2. The molecule has 1 saturated carbocycles. The molecular weight excluding hydrogens is 501 g/mol. The zero-order valence-electron chi connectivity index (χ0n) is 22.4. The number of urea groups is 1. The lowest BCUT2D eigenvalue weighted by Gasteiger charge is -2.41. The van der Waals surface area contributed by atoms with E-state index in [1.807, 2.05) is 7.05 Å². The number of halogens is 3. The Morgan fingerprint density at radius 3 is 2.42 bits per heavy atom. The highest BCUT2D eigenvalue weighted by atomic mass is 19.4. The van der Waals surface area contributed by atoms with Gasteiger partial charge in [-0.1, -0.05) is 0 Å². The predicted octanol–water partition coefficient (Wildman–Crippen LogP) is 3.87. The Kier molecular flexibility index (Phi) is 10.9. The van der Waals surface area contributed by atoms with Crippen LogP contribution in [0, 0.1) is 17.2 Å². The van der Waals surface area contributed by atoms with E-state index < -0.39 is 41.7 Å². The molecule has 3 atom stereocenters.